The van der Waals surface area contributed by atoms with Gasteiger partial charge in [0.05, 0.1) is 10.7 Å². The molecular formula is C13H14ClNO2. The Labute approximate surface area is 106 Å². The van der Waals surface area contributed by atoms with Gasteiger partial charge in [-0.3, -0.25) is 5.32 Å². The molecule has 0 fully saturated rings. The Morgan fingerprint density at radius 3 is 2.65 bits per heavy atom. The lowest BCUT2D eigenvalue weighted by molar-refractivity contribution is 0.0636. The lowest BCUT2D eigenvalue weighted by atomic mass is 10.2. The topological polar surface area (TPSA) is 38.3 Å². The maximum Gasteiger partial charge on any atom is 0.412 e. The minimum atomic E-state index is -0.562. The summed E-state index contributed by atoms with van der Waals surface area (Å²) in [5.41, 5.74) is 0.414. The minimum absolute atomic E-state index is 0.334. The van der Waals surface area contributed by atoms with Crippen molar-refractivity contribution in [2.24, 2.45) is 0 Å². The predicted molar refractivity (Wildman–Crippen MR) is 69.2 cm³/mol. The van der Waals surface area contributed by atoms with Gasteiger partial charge in [0.25, 0.3) is 0 Å². The van der Waals surface area contributed by atoms with Crippen LogP contribution < -0.4 is 5.32 Å². The molecule has 1 N–H and O–H groups in total. The summed E-state index contributed by atoms with van der Waals surface area (Å²) in [7, 11) is 0. The zero-order chi connectivity index (χ0) is 13.1. The Balaban J connectivity index is 2.83. The monoisotopic (exact) mass is 251 g/mol. The fourth-order valence-corrected chi connectivity index (χ4v) is 1.38. The molecule has 0 bridgehead atoms. The van der Waals surface area contributed by atoms with Gasteiger partial charge in [-0.25, -0.2) is 4.79 Å². The SMILES string of the molecule is C#Cc1cccc(NC(=O)OC(C)(C)C)c1Cl. The Morgan fingerprint density at radius 1 is 1.47 bits per heavy atom. The first-order valence-corrected chi connectivity index (χ1v) is 5.46. The first-order valence-electron chi connectivity index (χ1n) is 5.08. The fraction of sp³-hybridized carbons (Fsp3) is 0.308. The Hall–Kier alpha value is -1.66. The summed E-state index contributed by atoms with van der Waals surface area (Å²) >= 11 is 6.01. The number of nitrogens with one attached hydrogen (secondary N) is 1. The smallest absolute Gasteiger partial charge is 0.412 e. The van der Waals surface area contributed by atoms with Crippen LogP contribution in [-0.4, -0.2) is 11.7 Å². The molecule has 4 heteroatoms. The number of carbonyl (C=O) groups is 1. The highest BCUT2D eigenvalue weighted by Crippen LogP contribution is 2.25. The molecule has 0 spiro atoms. The predicted octanol–water partition coefficient (Wildman–Crippen LogP) is 3.67. The highest BCUT2D eigenvalue weighted by Gasteiger charge is 2.17. The number of ether oxygens (including phenoxy) is 1. The van der Waals surface area contributed by atoms with Crippen LogP contribution in [0.2, 0.25) is 5.02 Å². The number of halogens is 1. The quantitative estimate of drug-likeness (QED) is 0.774. The van der Waals surface area contributed by atoms with Gasteiger partial charge in [0, 0.05) is 5.56 Å². The van der Waals surface area contributed by atoms with Crippen LogP contribution in [0.5, 0.6) is 0 Å². The third-order valence-electron chi connectivity index (χ3n) is 1.79. The number of amides is 1. The van der Waals surface area contributed by atoms with Crippen LogP contribution in [0.3, 0.4) is 0 Å². The molecule has 0 aliphatic carbocycles. The van der Waals surface area contributed by atoms with E-state index in [0.29, 0.717) is 16.3 Å². The lowest BCUT2D eigenvalue weighted by Gasteiger charge is -2.20. The lowest BCUT2D eigenvalue weighted by Crippen LogP contribution is -2.27. The van der Waals surface area contributed by atoms with E-state index in [1.807, 2.05) is 0 Å². The van der Waals surface area contributed by atoms with Crippen molar-refractivity contribution < 1.29 is 9.53 Å². The van der Waals surface area contributed by atoms with Gasteiger partial charge in [0.1, 0.15) is 5.60 Å². The minimum Gasteiger partial charge on any atom is -0.444 e. The highest BCUT2D eigenvalue weighted by atomic mass is 35.5. The molecule has 0 aliphatic heterocycles. The van der Waals surface area contributed by atoms with Gasteiger partial charge < -0.3 is 4.74 Å². The van der Waals surface area contributed by atoms with Crippen molar-refractivity contribution >= 4 is 23.4 Å². The molecule has 1 amide bonds. The second kappa shape index (κ2) is 5.11. The molecule has 3 nitrogen and oxygen atoms in total. The van der Waals surface area contributed by atoms with Crippen LogP contribution in [0, 0.1) is 12.3 Å². The maximum absolute atomic E-state index is 11.5. The fourth-order valence-electron chi connectivity index (χ4n) is 1.15. The molecule has 0 saturated carbocycles. The van der Waals surface area contributed by atoms with Crippen LogP contribution in [0.1, 0.15) is 26.3 Å². The zero-order valence-electron chi connectivity index (χ0n) is 10.0. The van der Waals surface area contributed by atoms with Crippen LogP contribution >= 0.6 is 11.6 Å². The van der Waals surface area contributed by atoms with Crippen molar-refractivity contribution in [3.63, 3.8) is 0 Å². The summed E-state index contributed by atoms with van der Waals surface area (Å²) in [5.74, 6) is 2.43. The Morgan fingerprint density at radius 2 is 2.12 bits per heavy atom. The van der Waals surface area contributed by atoms with Crippen molar-refractivity contribution in [1.82, 2.24) is 0 Å². The maximum atomic E-state index is 11.5. The summed E-state index contributed by atoms with van der Waals surface area (Å²) in [6, 6.07) is 5.07. The molecule has 1 aromatic rings. The molecule has 0 unspecified atom stereocenters. The van der Waals surface area contributed by atoms with Crippen LogP contribution in [-0.2, 0) is 4.74 Å². The van der Waals surface area contributed by atoms with E-state index in [1.165, 1.54) is 0 Å². The summed E-state index contributed by atoms with van der Waals surface area (Å²) in [4.78, 5) is 11.5. The van der Waals surface area contributed by atoms with Gasteiger partial charge in [-0.15, -0.1) is 6.42 Å². The van der Waals surface area contributed by atoms with Crippen LogP contribution in [0.25, 0.3) is 0 Å². The average molecular weight is 252 g/mol. The number of terminal acetylenes is 1. The van der Waals surface area contributed by atoms with Crippen LogP contribution in [0.4, 0.5) is 10.5 Å². The third-order valence-corrected chi connectivity index (χ3v) is 2.20. The normalized spacial score (nSPS) is 10.5. The first kappa shape index (κ1) is 13.4. The first-order chi connectivity index (χ1) is 7.83. The van der Waals surface area contributed by atoms with E-state index in [2.05, 4.69) is 11.2 Å². The van der Waals surface area contributed by atoms with Gasteiger partial charge >= 0.3 is 6.09 Å². The second-order valence-electron chi connectivity index (χ2n) is 4.44. The van der Waals surface area contributed by atoms with Gasteiger partial charge in [-0.05, 0) is 32.9 Å². The van der Waals surface area contributed by atoms with Crippen molar-refractivity contribution in [3.8, 4) is 12.3 Å². The van der Waals surface area contributed by atoms with E-state index < -0.39 is 11.7 Å². The van der Waals surface area contributed by atoms with Gasteiger partial charge in [0.2, 0.25) is 0 Å². The number of hydrogen-bond donors (Lipinski definition) is 1. The second-order valence-corrected chi connectivity index (χ2v) is 4.82. The van der Waals surface area contributed by atoms with E-state index >= 15 is 0 Å². The van der Waals surface area contributed by atoms with Gasteiger partial charge in [0.15, 0.2) is 0 Å². The number of anilines is 1. The van der Waals surface area contributed by atoms with Crippen LogP contribution in [0.15, 0.2) is 18.2 Å². The molecule has 0 aromatic heterocycles. The molecule has 0 aliphatic rings. The molecule has 0 heterocycles. The van der Waals surface area contributed by atoms with E-state index in [9.17, 15) is 4.79 Å². The van der Waals surface area contributed by atoms with Gasteiger partial charge in [-0.1, -0.05) is 23.6 Å². The Kier molecular flexibility index (Phi) is 4.03. The number of carbonyl (C=O) groups excluding carboxylic acids is 1. The molecule has 17 heavy (non-hydrogen) atoms. The van der Waals surface area contributed by atoms with Crippen molar-refractivity contribution in [1.29, 1.82) is 0 Å². The highest BCUT2D eigenvalue weighted by molar-refractivity contribution is 6.34. The van der Waals surface area contributed by atoms with Crippen molar-refractivity contribution in [2.45, 2.75) is 26.4 Å². The van der Waals surface area contributed by atoms with Crippen molar-refractivity contribution in [3.05, 3.63) is 28.8 Å². The molecule has 90 valence electrons. The molecule has 0 saturated heterocycles. The molecular weight excluding hydrogens is 238 g/mol. The average Bonchev–Trinajstić information content (AvgIpc) is 2.18. The van der Waals surface area contributed by atoms with E-state index in [1.54, 1.807) is 39.0 Å². The number of rotatable bonds is 1. The number of benzene rings is 1. The molecule has 1 aromatic carbocycles. The van der Waals surface area contributed by atoms with E-state index in [0.717, 1.165) is 0 Å². The van der Waals surface area contributed by atoms with Gasteiger partial charge in [-0.2, -0.15) is 0 Å². The van der Waals surface area contributed by atoms with E-state index in [4.69, 9.17) is 22.8 Å². The molecule has 0 radical (unpaired) electrons. The third kappa shape index (κ3) is 4.01. The summed E-state index contributed by atoms with van der Waals surface area (Å²) in [5, 5.41) is 2.89. The standard InChI is InChI=1S/C13H14ClNO2/c1-5-9-7-6-8-10(11(9)14)15-12(16)17-13(2,3)4/h1,6-8H,2-4H3,(H,15,16). The summed E-state index contributed by atoms with van der Waals surface area (Å²) < 4.78 is 5.11. The molecule has 0 atom stereocenters. The van der Waals surface area contributed by atoms with E-state index in [-0.39, 0.29) is 0 Å². The zero-order valence-corrected chi connectivity index (χ0v) is 10.8. The number of hydrogen-bond acceptors (Lipinski definition) is 2. The largest absolute Gasteiger partial charge is 0.444 e. The Bertz CT molecular complexity index is 469. The van der Waals surface area contributed by atoms with Crippen molar-refractivity contribution in [2.75, 3.05) is 5.32 Å². The summed E-state index contributed by atoms with van der Waals surface area (Å²) in [6.07, 6.45) is 4.71. The summed E-state index contributed by atoms with van der Waals surface area (Å²) in [6.45, 7) is 5.35. The molecule has 1 rings (SSSR count).